The number of nitrogens with zero attached hydrogens (tertiary/aromatic N) is 4. The summed E-state index contributed by atoms with van der Waals surface area (Å²) in [6.45, 7) is 0. The van der Waals surface area contributed by atoms with Crippen LogP contribution in [0.3, 0.4) is 0 Å². The van der Waals surface area contributed by atoms with Gasteiger partial charge in [-0.15, -0.1) is 0 Å². The van der Waals surface area contributed by atoms with Gasteiger partial charge in [0.05, 0.1) is 29.4 Å². The minimum Gasteiger partial charge on any atom is -0.465 e. The molecule has 0 aliphatic carbocycles. The zero-order valence-corrected chi connectivity index (χ0v) is 23.8. The summed E-state index contributed by atoms with van der Waals surface area (Å²) in [5, 5.41) is 0. The molecule has 11 nitrogen and oxygen atoms in total. The fourth-order valence-corrected chi connectivity index (χ4v) is 6.04. The summed E-state index contributed by atoms with van der Waals surface area (Å²) in [5.74, 6) is -0.650. The average molecular weight is 651 g/mol. The number of carbonyl (C=O) groups is 1. The van der Waals surface area contributed by atoms with Crippen LogP contribution in [-0.4, -0.2) is 49.9 Å². The zero-order chi connectivity index (χ0) is 28.2. The number of anilines is 1. The standard InChI is InChI=1S/C16H12BrN3O4S.C8H5ClN2O2S/c1-24-16(21)11-6-5-10(17)9-13(11)20-25(22,23)14-4-2-3-12-15(14)19-8-7-18-12;9-14(12,13)7-3-1-2-6-8(7)11-5-4-10-6/h2-9,20H,1H3;1-5H. The molecule has 0 saturated heterocycles. The number of ether oxygens (including phenoxy) is 1. The van der Waals surface area contributed by atoms with Gasteiger partial charge in [-0.25, -0.2) is 21.6 Å². The number of hydrogen-bond acceptors (Lipinski definition) is 10. The lowest BCUT2D eigenvalue weighted by molar-refractivity contribution is 0.0602. The minimum absolute atomic E-state index is 0.00948. The van der Waals surface area contributed by atoms with Crippen molar-refractivity contribution in [1.29, 1.82) is 0 Å². The predicted molar refractivity (Wildman–Crippen MR) is 148 cm³/mol. The van der Waals surface area contributed by atoms with E-state index in [4.69, 9.17) is 15.4 Å². The Balaban J connectivity index is 0.000000212. The van der Waals surface area contributed by atoms with E-state index in [1.54, 1.807) is 30.3 Å². The molecule has 0 saturated carbocycles. The van der Waals surface area contributed by atoms with E-state index >= 15 is 0 Å². The van der Waals surface area contributed by atoms with E-state index in [1.165, 1.54) is 56.2 Å². The molecule has 0 unspecified atom stereocenters. The summed E-state index contributed by atoms with van der Waals surface area (Å²) < 4.78 is 55.7. The molecule has 0 atom stereocenters. The molecule has 39 heavy (non-hydrogen) atoms. The summed E-state index contributed by atoms with van der Waals surface area (Å²) in [7, 11) is -1.29. The number of esters is 1. The Labute approximate surface area is 235 Å². The third kappa shape index (κ3) is 6.47. The van der Waals surface area contributed by atoms with Crippen LogP contribution < -0.4 is 4.72 Å². The molecular weight excluding hydrogens is 634 g/mol. The molecule has 2 heterocycles. The Bertz CT molecular complexity index is 1910. The first-order chi connectivity index (χ1) is 18.5. The molecule has 15 heteroatoms. The number of para-hydroxylation sites is 2. The monoisotopic (exact) mass is 649 g/mol. The predicted octanol–water partition coefficient (Wildman–Crippen LogP) is 4.54. The van der Waals surface area contributed by atoms with E-state index < -0.39 is 25.0 Å². The van der Waals surface area contributed by atoms with Gasteiger partial charge in [-0.2, -0.15) is 0 Å². The van der Waals surface area contributed by atoms with Crippen LogP contribution in [0.4, 0.5) is 5.69 Å². The van der Waals surface area contributed by atoms with Crippen molar-refractivity contribution in [2.24, 2.45) is 0 Å². The topological polar surface area (TPSA) is 158 Å². The van der Waals surface area contributed by atoms with Crippen LogP contribution in [0.5, 0.6) is 0 Å². The minimum atomic E-state index is -4.00. The van der Waals surface area contributed by atoms with Crippen LogP contribution in [-0.2, 0) is 23.8 Å². The summed E-state index contributed by atoms with van der Waals surface area (Å²) >= 11 is 3.26. The number of rotatable bonds is 5. The molecule has 0 aliphatic rings. The normalized spacial score (nSPS) is 11.5. The van der Waals surface area contributed by atoms with Crippen molar-refractivity contribution < 1.29 is 26.4 Å². The quantitative estimate of drug-likeness (QED) is 0.211. The van der Waals surface area contributed by atoms with Gasteiger partial charge in [-0.1, -0.05) is 28.1 Å². The molecule has 5 rings (SSSR count). The van der Waals surface area contributed by atoms with Gasteiger partial charge in [-0.05, 0) is 42.5 Å². The average Bonchev–Trinajstić information content (AvgIpc) is 2.91. The second-order valence-electron chi connectivity index (χ2n) is 7.59. The maximum Gasteiger partial charge on any atom is 0.339 e. The summed E-state index contributed by atoms with van der Waals surface area (Å²) in [5.41, 5.74) is 1.70. The van der Waals surface area contributed by atoms with Gasteiger partial charge in [0, 0.05) is 39.9 Å². The second-order valence-corrected chi connectivity index (χ2v) is 12.7. The number of sulfonamides is 1. The van der Waals surface area contributed by atoms with Crippen molar-refractivity contribution in [2.75, 3.05) is 11.8 Å². The summed E-state index contributed by atoms with van der Waals surface area (Å²) in [6.07, 6.45) is 5.82. The molecule has 5 aromatic rings. The highest BCUT2D eigenvalue weighted by Gasteiger charge is 2.22. The van der Waals surface area contributed by atoms with Crippen molar-refractivity contribution in [1.82, 2.24) is 19.9 Å². The molecule has 0 radical (unpaired) electrons. The number of benzene rings is 3. The maximum absolute atomic E-state index is 12.8. The zero-order valence-electron chi connectivity index (χ0n) is 19.8. The second kappa shape index (κ2) is 11.6. The van der Waals surface area contributed by atoms with Gasteiger partial charge in [0.15, 0.2) is 0 Å². The molecule has 3 aromatic carbocycles. The highest BCUT2D eigenvalue weighted by Crippen LogP contribution is 2.27. The van der Waals surface area contributed by atoms with E-state index in [2.05, 4.69) is 40.6 Å². The number of fused-ring (bicyclic) bond motifs is 2. The maximum atomic E-state index is 12.8. The van der Waals surface area contributed by atoms with E-state index in [1.807, 2.05) is 0 Å². The van der Waals surface area contributed by atoms with Crippen LogP contribution in [0.25, 0.3) is 22.1 Å². The lowest BCUT2D eigenvalue weighted by atomic mass is 10.2. The van der Waals surface area contributed by atoms with Crippen molar-refractivity contribution >= 4 is 79.4 Å². The van der Waals surface area contributed by atoms with Crippen LogP contribution in [0.15, 0.2) is 93.6 Å². The molecule has 0 aliphatic heterocycles. The van der Waals surface area contributed by atoms with Crippen LogP contribution in [0.2, 0.25) is 0 Å². The first-order valence-corrected chi connectivity index (χ1v) is 15.3. The van der Waals surface area contributed by atoms with Gasteiger partial charge in [0.2, 0.25) is 0 Å². The van der Waals surface area contributed by atoms with Gasteiger partial charge >= 0.3 is 5.97 Å². The smallest absolute Gasteiger partial charge is 0.339 e. The molecule has 0 amide bonds. The van der Waals surface area contributed by atoms with Crippen LogP contribution in [0.1, 0.15) is 10.4 Å². The Morgan fingerprint density at radius 1 is 0.821 bits per heavy atom. The molecule has 0 fully saturated rings. The molecule has 0 bridgehead atoms. The van der Waals surface area contributed by atoms with Gasteiger partial charge < -0.3 is 4.74 Å². The SMILES string of the molecule is COC(=O)c1ccc(Br)cc1NS(=O)(=O)c1cccc2nccnc12.O=S(=O)(Cl)c1cccc2nccnc12. The number of nitrogens with one attached hydrogen (secondary N) is 1. The highest BCUT2D eigenvalue weighted by molar-refractivity contribution is 9.10. The van der Waals surface area contributed by atoms with Crippen LogP contribution in [0, 0.1) is 0 Å². The molecule has 0 spiro atoms. The first kappa shape index (κ1) is 28.3. The first-order valence-electron chi connectivity index (χ1n) is 10.8. The van der Waals surface area contributed by atoms with E-state index in [0.29, 0.717) is 21.0 Å². The molecule has 200 valence electrons. The third-order valence-corrected chi connectivity index (χ3v) is 8.35. The largest absolute Gasteiger partial charge is 0.465 e. The third-order valence-electron chi connectivity index (χ3n) is 5.11. The number of hydrogen-bond donors (Lipinski definition) is 1. The van der Waals surface area contributed by atoms with Gasteiger partial charge in [0.25, 0.3) is 19.1 Å². The lowest BCUT2D eigenvalue weighted by Crippen LogP contribution is -2.17. The van der Waals surface area contributed by atoms with E-state index in [-0.39, 0.29) is 26.6 Å². The molecule has 1 N–H and O–H groups in total. The number of halogens is 2. The fraction of sp³-hybridized carbons (Fsp3) is 0.0417. The van der Waals surface area contributed by atoms with Gasteiger partial charge in [-0.3, -0.25) is 24.7 Å². The molecule has 2 aromatic heterocycles. The van der Waals surface area contributed by atoms with Crippen molar-refractivity contribution in [3.63, 3.8) is 0 Å². The highest BCUT2D eigenvalue weighted by atomic mass is 79.9. The fourth-order valence-electron chi connectivity index (χ4n) is 3.43. The van der Waals surface area contributed by atoms with Crippen molar-refractivity contribution in [3.05, 3.63) is 89.4 Å². The summed E-state index contributed by atoms with van der Waals surface area (Å²) in [4.78, 5) is 27.9. The Morgan fingerprint density at radius 3 is 1.92 bits per heavy atom. The van der Waals surface area contributed by atoms with Crippen molar-refractivity contribution in [3.8, 4) is 0 Å². The lowest BCUT2D eigenvalue weighted by Gasteiger charge is -2.13. The Hall–Kier alpha value is -3.72. The van der Waals surface area contributed by atoms with Crippen LogP contribution >= 0.6 is 26.6 Å². The van der Waals surface area contributed by atoms with E-state index in [9.17, 15) is 21.6 Å². The Morgan fingerprint density at radius 2 is 1.36 bits per heavy atom. The number of aromatic nitrogens is 4. The Kier molecular flexibility index (Phi) is 8.39. The van der Waals surface area contributed by atoms with E-state index in [0.717, 1.165) is 0 Å². The number of methoxy groups -OCH3 is 1. The molecular formula is C24H17BrClN5O6S2. The van der Waals surface area contributed by atoms with Crippen molar-refractivity contribution in [2.45, 2.75) is 9.79 Å². The van der Waals surface area contributed by atoms with Gasteiger partial charge in [0.1, 0.15) is 20.8 Å². The number of carbonyl (C=O) groups excluding carboxylic acids is 1. The summed E-state index contributed by atoms with van der Waals surface area (Å²) in [6, 6.07) is 13.9.